The van der Waals surface area contributed by atoms with Gasteiger partial charge in [-0.1, -0.05) is 23.7 Å². The summed E-state index contributed by atoms with van der Waals surface area (Å²) in [5.41, 5.74) is 1.95. The number of Topliss-reactive ketones (excluding diaryl/α,β-unsaturated/α-hetero) is 1. The van der Waals surface area contributed by atoms with E-state index in [1.807, 2.05) is 24.3 Å². The Bertz CT molecular complexity index is 663. The van der Waals surface area contributed by atoms with Gasteiger partial charge in [0.2, 0.25) is 0 Å². The minimum absolute atomic E-state index is 0.455. The van der Waals surface area contributed by atoms with E-state index < -0.39 is 11.7 Å². The van der Waals surface area contributed by atoms with Gasteiger partial charge in [-0.25, -0.2) is 0 Å². The van der Waals surface area contributed by atoms with Crippen LogP contribution in [0.1, 0.15) is 20.8 Å². The van der Waals surface area contributed by atoms with Crippen molar-refractivity contribution in [3.05, 3.63) is 50.7 Å². The number of ketones is 1. The van der Waals surface area contributed by atoms with Gasteiger partial charge < -0.3 is 5.32 Å². The fourth-order valence-electron chi connectivity index (χ4n) is 2.05. The molecule has 1 aromatic heterocycles. The predicted octanol–water partition coefficient (Wildman–Crippen LogP) is 3.13. The molecule has 3 nitrogen and oxygen atoms in total. The summed E-state index contributed by atoms with van der Waals surface area (Å²) >= 11 is 7.36. The number of halogens is 1. The van der Waals surface area contributed by atoms with Crippen molar-refractivity contribution in [1.82, 2.24) is 0 Å². The summed E-state index contributed by atoms with van der Waals surface area (Å²) in [6, 6.07) is 9.20. The second-order valence-corrected chi connectivity index (χ2v) is 5.81. The van der Waals surface area contributed by atoms with Gasteiger partial charge >= 0.3 is 0 Å². The molecule has 0 atom stereocenters. The maximum Gasteiger partial charge on any atom is 0.296 e. The second kappa shape index (κ2) is 4.23. The molecule has 1 N–H and O–H groups in total. The first-order chi connectivity index (χ1) is 8.65. The number of fused-ring (bicyclic) bond motifs is 1. The van der Waals surface area contributed by atoms with E-state index in [0.717, 1.165) is 14.8 Å². The highest BCUT2D eigenvalue weighted by Crippen LogP contribution is 2.30. The van der Waals surface area contributed by atoms with E-state index in [1.165, 1.54) is 11.3 Å². The van der Waals surface area contributed by atoms with E-state index >= 15 is 0 Å². The Kier molecular flexibility index (Phi) is 2.69. The zero-order chi connectivity index (χ0) is 12.7. The van der Waals surface area contributed by atoms with Gasteiger partial charge in [0, 0.05) is 11.3 Å². The Balaban J connectivity index is 2.02. The molecular formula is C13H8ClNO2S. The lowest BCUT2D eigenvalue weighted by Gasteiger charge is -2.04. The number of carbonyl (C=O) groups is 2. The summed E-state index contributed by atoms with van der Waals surface area (Å²) in [4.78, 5) is 24.2. The molecule has 18 heavy (non-hydrogen) atoms. The monoisotopic (exact) mass is 277 g/mol. The van der Waals surface area contributed by atoms with Crippen molar-refractivity contribution in [1.29, 1.82) is 0 Å². The fraction of sp³-hybridized carbons (Fsp3) is 0.0769. The van der Waals surface area contributed by atoms with Gasteiger partial charge in [0.1, 0.15) is 0 Å². The maximum atomic E-state index is 11.8. The van der Waals surface area contributed by atoms with Crippen molar-refractivity contribution in [2.75, 3.05) is 5.32 Å². The Labute approximate surface area is 112 Å². The van der Waals surface area contributed by atoms with Crippen LogP contribution in [0.25, 0.3) is 0 Å². The van der Waals surface area contributed by atoms with Crippen LogP contribution in [0.4, 0.5) is 5.69 Å². The summed E-state index contributed by atoms with van der Waals surface area (Å²) in [6.45, 7) is 0. The molecule has 0 aliphatic carbocycles. The predicted molar refractivity (Wildman–Crippen MR) is 71.5 cm³/mol. The van der Waals surface area contributed by atoms with Crippen molar-refractivity contribution >= 4 is 40.3 Å². The van der Waals surface area contributed by atoms with Crippen molar-refractivity contribution in [3.8, 4) is 0 Å². The van der Waals surface area contributed by atoms with Crippen molar-refractivity contribution in [2.45, 2.75) is 6.42 Å². The van der Waals surface area contributed by atoms with Gasteiger partial charge in [0.15, 0.2) is 0 Å². The molecule has 2 aromatic rings. The summed E-state index contributed by atoms with van der Waals surface area (Å²) in [5, 5.41) is 2.57. The first-order valence-corrected chi connectivity index (χ1v) is 6.56. The average Bonchev–Trinajstić information content (AvgIpc) is 2.86. The first kappa shape index (κ1) is 11.4. The number of hydrogen-bond acceptors (Lipinski definition) is 3. The highest BCUT2D eigenvalue weighted by Gasteiger charge is 2.30. The molecule has 0 spiro atoms. The maximum absolute atomic E-state index is 11.8. The van der Waals surface area contributed by atoms with Crippen LogP contribution in [0.5, 0.6) is 0 Å². The minimum Gasteiger partial charge on any atom is -0.318 e. The Hall–Kier alpha value is -1.65. The molecule has 90 valence electrons. The molecule has 0 unspecified atom stereocenters. The van der Waals surface area contributed by atoms with E-state index in [9.17, 15) is 9.59 Å². The summed E-state index contributed by atoms with van der Waals surface area (Å²) in [7, 11) is 0. The molecular weight excluding hydrogens is 270 g/mol. The van der Waals surface area contributed by atoms with Crippen LogP contribution in [0.15, 0.2) is 30.3 Å². The molecule has 1 aromatic carbocycles. The minimum atomic E-state index is -0.554. The third kappa shape index (κ3) is 1.83. The first-order valence-electron chi connectivity index (χ1n) is 5.37. The van der Waals surface area contributed by atoms with Crippen LogP contribution >= 0.6 is 22.9 Å². The molecule has 0 bridgehead atoms. The van der Waals surface area contributed by atoms with Gasteiger partial charge in [0.05, 0.1) is 15.6 Å². The van der Waals surface area contributed by atoms with Crippen molar-refractivity contribution in [2.24, 2.45) is 0 Å². The second-order valence-electron chi connectivity index (χ2n) is 4.01. The van der Waals surface area contributed by atoms with Crippen LogP contribution < -0.4 is 5.32 Å². The molecule has 2 heterocycles. The molecule has 3 rings (SSSR count). The Morgan fingerprint density at radius 3 is 2.72 bits per heavy atom. The van der Waals surface area contributed by atoms with E-state index in [-0.39, 0.29) is 0 Å². The number of nitrogens with one attached hydrogen (secondary N) is 1. The SMILES string of the molecule is O=C1Nc2cccc(Cc3ccc(Cl)s3)c2C1=O. The van der Waals surface area contributed by atoms with Crippen LogP contribution in [-0.2, 0) is 11.2 Å². The number of carbonyl (C=O) groups excluding carboxylic acids is 2. The summed E-state index contributed by atoms with van der Waals surface area (Å²) < 4.78 is 0.720. The van der Waals surface area contributed by atoms with Gasteiger partial charge in [-0.2, -0.15) is 0 Å². The van der Waals surface area contributed by atoms with Crippen LogP contribution in [0.2, 0.25) is 4.34 Å². The van der Waals surface area contributed by atoms with E-state index in [4.69, 9.17) is 11.6 Å². The average molecular weight is 278 g/mol. The smallest absolute Gasteiger partial charge is 0.296 e. The molecule has 5 heteroatoms. The molecule has 0 saturated heterocycles. The third-order valence-corrected chi connectivity index (χ3v) is 4.06. The van der Waals surface area contributed by atoms with E-state index in [0.29, 0.717) is 17.7 Å². The Morgan fingerprint density at radius 1 is 1.17 bits per heavy atom. The number of amides is 1. The normalized spacial score (nSPS) is 13.6. The largest absolute Gasteiger partial charge is 0.318 e. The number of benzene rings is 1. The zero-order valence-corrected chi connectivity index (χ0v) is 10.8. The van der Waals surface area contributed by atoms with Gasteiger partial charge in [-0.15, -0.1) is 11.3 Å². The molecule has 1 aliphatic rings. The number of rotatable bonds is 2. The molecule has 1 amide bonds. The Morgan fingerprint density at radius 2 is 2.00 bits per heavy atom. The molecule has 1 aliphatic heterocycles. The van der Waals surface area contributed by atoms with Crippen LogP contribution in [-0.4, -0.2) is 11.7 Å². The summed E-state index contributed by atoms with van der Waals surface area (Å²) in [5.74, 6) is -1.01. The van der Waals surface area contributed by atoms with E-state index in [1.54, 1.807) is 6.07 Å². The fourth-order valence-corrected chi connectivity index (χ4v) is 3.16. The van der Waals surface area contributed by atoms with Gasteiger partial charge in [0.25, 0.3) is 11.7 Å². The quantitative estimate of drug-likeness (QED) is 0.857. The standard InChI is InChI=1S/C13H8ClNO2S/c14-10-5-4-8(18-10)6-7-2-1-3-9-11(7)12(16)13(17)15-9/h1-5H,6H2,(H,15,16,17). The van der Waals surface area contributed by atoms with Crippen molar-refractivity contribution < 1.29 is 9.59 Å². The van der Waals surface area contributed by atoms with Crippen LogP contribution in [0, 0.1) is 0 Å². The topological polar surface area (TPSA) is 46.2 Å². The van der Waals surface area contributed by atoms with Gasteiger partial charge in [-0.3, -0.25) is 9.59 Å². The van der Waals surface area contributed by atoms with Crippen LogP contribution in [0.3, 0.4) is 0 Å². The number of hydrogen-bond donors (Lipinski definition) is 1. The summed E-state index contributed by atoms with van der Waals surface area (Å²) in [6.07, 6.45) is 0.612. The number of anilines is 1. The van der Waals surface area contributed by atoms with Crippen molar-refractivity contribution in [3.63, 3.8) is 0 Å². The van der Waals surface area contributed by atoms with Gasteiger partial charge in [-0.05, 0) is 23.8 Å². The number of thiophene rings is 1. The van der Waals surface area contributed by atoms with E-state index in [2.05, 4.69) is 5.32 Å². The molecule has 0 fully saturated rings. The third-order valence-electron chi connectivity index (χ3n) is 2.83. The lowest BCUT2D eigenvalue weighted by molar-refractivity contribution is -0.112. The zero-order valence-electron chi connectivity index (χ0n) is 9.20. The highest BCUT2D eigenvalue weighted by molar-refractivity contribution is 7.16. The lowest BCUT2D eigenvalue weighted by Crippen LogP contribution is -2.13. The molecule has 0 radical (unpaired) electrons. The molecule has 0 saturated carbocycles. The highest BCUT2D eigenvalue weighted by atomic mass is 35.5. The lowest BCUT2D eigenvalue weighted by atomic mass is 10.0.